The Morgan fingerprint density at radius 1 is 0.587 bits per heavy atom. The topological polar surface area (TPSA) is 178 Å². The highest BCUT2D eigenvalue weighted by Gasteiger charge is 2.48. The third-order valence-corrected chi connectivity index (χ3v) is 12.6. The monoisotopic (exact) mass is 921 g/mol. The van der Waals surface area contributed by atoms with E-state index >= 15 is 0 Å². The van der Waals surface area contributed by atoms with E-state index in [2.05, 4.69) is 30.2 Å². The molecule has 1 fully saturated rings. The predicted molar refractivity (Wildman–Crippen MR) is 253 cm³/mol. The summed E-state index contributed by atoms with van der Waals surface area (Å²) in [5.41, 5.74) is 0. The van der Waals surface area contributed by atoms with Crippen LogP contribution in [0.3, 0.4) is 0 Å². The minimum atomic E-state index is -5.06. The van der Waals surface area contributed by atoms with Gasteiger partial charge in [-0.3, -0.25) is 9.35 Å². The number of aliphatic hydroxyl groups excluding tert-OH is 3. The molecule has 0 amide bonds. The van der Waals surface area contributed by atoms with E-state index in [9.17, 15) is 33.1 Å². The third-order valence-electron chi connectivity index (χ3n) is 12.1. The Bertz CT molecular complexity index is 1150. The summed E-state index contributed by atoms with van der Waals surface area (Å²) in [5, 5.41) is 30.7. The summed E-state index contributed by atoms with van der Waals surface area (Å²) in [6, 6.07) is 0. The molecule has 0 bridgehead atoms. The van der Waals surface area contributed by atoms with Crippen LogP contribution in [0.1, 0.15) is 239 Å². The minimum Gasteiger partial charge on any atom is -0.457 e. The number of carbonyl (C=O) groups is 1. The van der Waals surface area contributed by atoms with Gasteiger partial charge in [0.15, 0.2) is 6.29 Å². The van der Waals surface area contributed by atoms with E-state index in [1.54, 1.807) is 0 Å². The van der Waals surface area contributed by atoms with Gasteiger partial charge in [0.1, 0.15) is 30.5 Å². The highest BCUT2D eigenvalue weighted by atomic mass is 32.3. The summed E-state index contributed by atoms with van der Waals surface area (Å²) >= 11 is 0. The molecule has 0 aromatic carbocycles. The molecular weight excluding hydrogens is 825 g/mol. The molecule has 0 aromatic heterocycles. The van der Waals surface area contributed by atoms with Gasteiger partial charge in [-0.15, -0.1) is 0 Å². The molecule has 0 aromatic rings. The highest BCUT2D eigenvalue weighted by molar-refractivity contribution is 7.80. The van der Waals surface area contributed by atoms with Crippen molar-refractivity contribution in [2.45, 2.75) is 275 Å². The standard InChI is InChI=1S/C50H96O12S/c1-3-5-7-9-11-13-15-17-19-20-21-22-23-24-25-26-27-29-31-33-35-37-39-46(52)60-44(42-58-40-38-36-34-32-30-28-18-16-14-12-10-8-6-4-2)43-59-50-48(54)49(62-63(55,56)57)47(53)45(41-51)61-50/h14,16,44-45,47-51,53-54H,3-13,15,17-43H2,1-2H3,(H,55,56,57)/b16-14-. The van der Waals surface area contributed by atoms with Crippen molar-refractivity contribution in [1.82, 2.24) is 0 Å². The predicted octanol–water partition coefficient (Wildman–Crippen LogP) is 11.8. The zero-order valence-electron chi connectivity index (χ0n) is 40.2. The van der Waals surface area contributed by atoms with Gasteiger partial charge in [0.2, 0.25) is 0 Å². The van der Waals surface area contributed by atoms with Crippen molar-refractivity contribution >= 4 is 16.4 Å². The van der Waals surface area contributed by atoms with Crippen LogP contribution in [0.2, 0.25) is 0 Å². The van der Waals surface area contributed by atoms with Crippen molar-refractivity contribution in [3.05, 3.63) is 12.2 Å². The van der Waals surface area contributed by atoms with Crippen molar-refractivity contribution in [1.29, 1.82) is 0 Å². The molecule has 4 N–H and O–H groups in total. The van der Waals surface area contributed by atoms with E-state index in [-0.39, 0.29) is 19.6 Å². The maximum atomic E-state index is 12.9. The van der Waals surface area contributed by atoms with Gasteiger partial charge < -0.3 is 34.3 Å². The number of esters is 1. The van der Waals surface area contributed by atoms with Crippen LogP contribution in [0.15, 0.2) is 12.2 Å². The highest BCUT2D eigenvalue weighted by Crippen LogP contribution is 2.26. The van der Waals surface area contributed by atoms with Crippen LogP contribution in [0, 0.1) is 0 Å². The van der Waals surface area contributed by atoms with Gasteiger partial charge in [-0.25, -0.2) is 4.18 Å². The van der Waals surface area contributed by atoms with Crippen molar-refractivity contribution in [2.24, 2.45) is 0 Å². The van der Waals surface area contributed by atoms with Gasteiger partial charge >= 0.3 is 16.4 Å². The zero-order chi connectivity index (χ0) is 46.1. The second-order valence-corrected chi connectivity index (χ2v) is 19.2. The lowest BCUT2D eigenvalue weighted by Gasteiger charge is -2.41. The van der Waals surface area contributed by atoms with Gasteiger partial charge in [0, 0.05) is 13.0 Å². The van der Waals surface area contributed by atoms with Gasteiger partial charge in [-0.1, -0.05) is 206 Å². The average Bonchev–Trinajstić information content (AvgIpc) is 3.26. The second-order valence-electron chi connectivity index (χ2n) is 18.1. The SMILES string of the molecule is CCCCCC/C=C\CCCCCCCCOCC(COC1OC(CO)C(O)C(OS(=O)(=O)O)C1O)OC(=O)CCCCCCCCCCCCCCCCCCCCCCCC. The van der Waals surface area contributed by atoms with E-state index in [4.69, 9.17) is 18.9 Å². The number of aliphatic hydroxyl groups is 3. The van der Waals surface area contributed by atoms with Crippen LogP contribution in [-0.4, -0.2) is 97.5 Å². The normalized spacial score (nSPS) is 19.9. The Morgan fingerprint density at radius 2 is 1.00 bits per heavy atom. The largest absolute Gasteiger partial charge is 0.457 e. The molecule has 1 aliphatic rings. The molecule has 1 saturated heterocycles. The fourth-order valence-corrected chi connectivity index (χ4v) is 8.71. The number of allylic oxidation sites excluding steroid dienone is 2. The van der Waals surface area contributed by atoms with Crippen molar-refractivity contribution in [3.8, 4) is 0 Å². The van der Waals surface area contributed by atoms with Crippen LogP contribution in [0.25, 0.3) is 0 Å². The zero-order valence-corrected chi connectivity index (χ0v) is 41.0. The molecule has 13 heteroatoms. The first-order chi connectivity index (χ1) is 30.6. The molecule has 0 spiro atoms. The van der Waals surface area contributed by atoms with E-state index < -0.39 is 59.8 Å². The smallest absolute Gasteiger partial charge is 0.397 e. The van der Waals surface area contributed by atoms with Crippen LogP contribution in [0.5, 0.6) is 0 Å². The molecule has 6 atom stereocenters. The van der Waals surface area contributed by atoms with Crippen LogP contribution < -0.4 is 0 Å². The summed E-state index contributed by atoms with van der Waals surface area (Å²) in [5.74, 6) is -0.395. The molecule has 6 unspecified atom stereocenters. The first kappa shape index (κ1) is 59.9. The molecule has 1 rings (SSSR count). The van der Waals surface area contributed by atoms with Crippen molar-refractivity contribution in [3.63, 3.8) is 0 Å². The molecule has 0 radical (unpaired) electrons. The summed E-state index contributed by atoms with van der Waals surface area (Å²) in [6.07, 6.45) is 38.2. The second kappa shape index (κ2) is 42.2. The summed E-state index contributed by atoms with van der Waals surface area (Å²) in [7, 11) is -5.06. The lowest BCUT2D eigenvalue weighted by molar-refractivity contribution is -0.301. The summed E-state index contributed by atoms with van der Waals surface area (Å²) in [6.45, 7) is 4.01. The lowest BCUT2D eigenvalue weighted by Crippen LogP contribution is -2.60. The lowest BCUT2D eigenvalue weighted by atomic mass is 9.99. The number of hydrogen-bond acceptors (Lipinski definition) is 11. The number of unbranched alkanes of at least 4 members (excludes halogenated alkanes) is 31. The Kier molecular flexibility index (Phi) is 40.1. The fraction of sp³-hybridized carbons (Fsp3) is 0.940. The quantitative estimate of drug-likeness (QED) is 0.0197. The van der Waals surface area contributed by atoms with E-state index in [0.717, 1.165) is 44.9 Å². The Labute approximate surface area is 385 Å². The summed E-state index contributed by atoms with van der Waals surface area (Å²) in [4.78, 5) is 12.9. The molecule has 1 aliphatic heterocycles. The van der Waals surface area contributed by atoms with E-state index in [0.29, 0.717) is 13.0 Å². The molecule has 0 aliphatic carbocycles. The minimum absolute atomic E-state index is 0.0374. The maximum absolute atomic E-state index is 12.9. The summed E-state index contributed by atoms with van der Waals surface area (Å²) < 4.78 is 59.2. The number of hydrogen-bond donors (Lipinski definition) is 4. The first-order valence-electron chi connectivity index (χ1n) is 25.9. The number of carbonyl (C=O) groups excluding carboxylic acids is 1. The van der Waals surface area contributed by atoms with Gasteiger partial charge in [0.05, 0.1) is 19.8 Å². The first-order valence-corrected chi connectivity index (χ1v) is 27.3. The van der Waals surface area contributed by atoms with Crippen molar-refractivity contribution in [2.75, 3.05) is 26.4 Å². The average molecular weight is 921 g/mol. The van der Waals surface area contributed by atoms with E-state index in [1.165, 1.54) is 167 Å². The third kappa shape index (κ3) is 35.7. The molecular formula is C50H96O12S. The van der Waals surface area contributed by atoms with Crippen molar-refractivity contribution < 1.29 is 56.2 Å². The van der Waals surface area contributed by atoms with Gasteiger partial charge in [-0.2, -0.15) is 8.42 Å². The Balaban J connectivity index is 2.32. The van der Waals surface area contributed by atoms with Crippen LogP contribution >= 0.6 is 0 Å². The Morgan fingerprint density at radius 3 is 1.44 bits per heavy atom. The molecule has 12 nitrogen and oxygen atoms in total. The molecule has 1 heterocycles. The molecule has 63 heavy (non-hydrogen) atoms. The van der Waals surface area contributed by atoms with Crippen LogP contribution in [0.4, 0.5) is 0 Å². The van der Waals surface area contributed by atoms with E-state index in [1.807, 2.05) is 0 Å². The number of ether oxygens (including phenoxy) is 4. The van der Waals surface area contributed by atoms with Crippen LogP contribution in [-0.2, 0) is 38.3 Å². The fourth-order valence-electron chi connectivity index (χ4n) is 8.20. The molecule has 374 valence electrons. The maximum Gasteiger partial charge on any atom is 0.397 e. The van der Waals surface area contributed by atoms with Gasteiger partial charge in [-0.05, 0) is 38.5 Å². The Hall–Kier alpha value is -1.16. The number of rotatable bonds is 46. The molecule has 0 saturated carbocycles. The van der Waals surface area contributed by atoms with Gasteiger partial charge in [0.25, 0.3) is 0 Å².